The summed E-state index contributed by atoms with van der Waals surface area (Å²) in [6.07, 6.45) is -4.40. The summed E-state index contributed by atoms with van der Waals surface area (Å²) in [5.41, 5.74) is -0.593. The van der Waals surface area contributed by atoms with Crippen LogP contribution in [0.5, 0.6) is 0 Å². The van der Waals surface area contributed by atoms with Crippen LogP contribution in [0, 0.1) is 5.92 Å². The Balaban J connectivity index is 2.14. The predicted molar refractivity (Wildman–Crippen MR) is 76.9 cm³/mol. The summed E-state index contributed by atoms with van der Waals surface area (Å²) >= 11 is 1.27. The highest BCUT2D eigenvalue weighted by Crippen LogP contribution is 2.32. The Hall–Kier alpha value is -1.50. The van der Waals surface area contributed by atoms with Crippen molar-refractivity contribution in [1.29, 1.82) is 0 Å². The van der Waals surface area contributed by atoms with E-state index in [0.29, 0.717) is 5.17 Å². The van der Waals surface area contributed by atoms with Crippen molar-refractivity contribution in [2.45, 2.75) is 31.8 Å². The number of benzene rings is 1. The van der Waals surface area contributed by atoms with E-state index >= 15 is 0 Å². The number of carbonyl (C=O) groups excluding carboxylic acids is 1. The molecule has 0 aromatic heterocycles. The summed E-state index contributed by atoms with van der Waals surface area (Å²) in [7, 11) is 0. The molecule has 1 heterocycles. The Kier molecular flexibility index (Phi) is 4.61. The van der Waals surface area contributed by atoms with Crippen LogP contribution in [0.3, 0.4) is 0 Å². The molecule has 0 bridgehead atoms. The monoisotopic (exact) mass is 316 g/mol. The predicted octanol–water partition coefficient (Wildman–Crippen LogP) is 3.45. The molecule has 1 saturated heterocycles. The van der Waals surface area contributed by atoms with Gasteiger partial charge in [0.25, 0.3) is 0 Å². The van der Waals surface area contributed by atoms with Crippen molar-refractivity contribution < 1.29 is 18.0 Å². The molecule has 1 aliphatic rings. The molecule has 3 nitrogen and oxygen atoms in total. The van der Waals surface area contributed by atoms with E-state index in [4.69, 9.17) is 0 Å². The van der Waals surface area contributed by atoms with Gasteiger partial charge >= 0.3 is 6.18 Å². The molecule has 1 aliphatic heterocycles. The summed E-state index contributed by atoms with van der Waals surface area (Å²) in [6.45, 7) is 3.72. The molecule has 0 radical (unpaired) electrons. The van der Waals surface area contributed by atoms with E-state index in [1.54, 1.807) is 6.07 Å². The molecule has 0 saturated carbocycles. The molecule has 1 amide bonds. The average Bonchev–Trinajstić information content (AvgIpc) is 2.77. The van der Waals surface area contributed by atoms with Gasteiger partial charge in [0, 0.05) is 0 Å². The maximum Gasteiger partial charge on any atom is 0.416 e. The van der Waals surface area contributed by atoms with Crippen molar-refractivity contribution in [2.75, 3.05) is 0 Å². The molecule has 1 fully saturated rings. The van der Waals surface area contributed by atoms with Crippen LogP contribution in [-0.4, -0.2) is 16.3 Å². The summed E-state index contributed by atoms with van der Waals surface area (Å²) < 4.78 is 38.6. The average molecular weight is 316 g/mol. The topological polar surface area (TPSA) is 41.5 Å². The van der Waals surface area contributed by atoms with Crippen LogP contribution < -0.4 is 5.32 Å². The lowest BCUT2D eigenvalue weighted by atomic mass is 10.1. The lowest BCUT2D eigenvalue weighted by Gasteiger charge is -2.11. The number of hydrogen-bond donors (Lipinski definition) is 1. The third kappa shape index (κ3) is 3.78. The van der Waals surface area contributed by atoms with Crippen LogP contribution in [0.25, 0.3) is 0 Å². The van der Waals surface area contributed by atoms with Crippen molar-refractivity contribution in [2.24, 2.45) is 10.9 Å². The minimum absolute atomic E-state index is 0.0975. The highest BCUT2D eigenvalue weighted by Gasteiger charge is 2.34. The zero-order valence-corrected chi connectivity index (χ0v) is 12.4. The number of thioether (sulfide) groups is 1. The van der Waals surface area contributed by atoms with Gasteiger partial charge in [-0.15, -0.1) is 0 Å². The van der Waals surface area contributed by atoms with Gasteiger partial charge in [0.05, 0.1) is 17.4 Å². The van der Waals surface area contributed by atoms with Gasteiger partial charge in [-0.25, -0.2) is 0 Å². The van der Waals surface area contributed by atoms with Gasteiger partial charge in [-0.3, -0.25) is 9.79 Å². The molecule has 114 valence electrons. The fraction of sp³-hybridized carbons (Fsp3) is 0.429. The number of hydrogen-bond acceptors (Lipinski definition) is 3. The number of nitrogens with zero attached hydrogens (tertiary/aromatic N) is 1. The first-order valence-electron chi connectivity index (χ1n) is 6.46. The third-order valence-corrected chi connectivity index (χ3v) is 4.52. The summed E-state index contributed by atoms with van der Waals surface area (Å²) in [4.78, 5) is 15.8. The van der Waals surface area contributed by atoms with Gasteiger partial charge in [-0.2, -0.15) is 13.2 Å². The summed E-state index contributed by atoms with van der Waals surface area (Å²) in [5.74, 6) is 0.00279. The number of rotatable bonds is 3. The minimum Gasteiger partial charge on any atom is -0.304 e. The lowest BCUT2D eigenvalue weighted by molar-refractivity contribution is -0.138. The largest absolute Gasteiger partial charge is 0.416 e. The zero-order chi connectivity index (χ0) is 15.6. The molecule has 1 aromatic carbocycles. The molecule has 1 N–H and O–H groups in total. The van der Waals surface area contributed by atoms with E-state index in [2.05, 4.69) is 10.3 Å². The van der Waals surface area contributed by atoms with E-state index in [-0.39, 0.29) is 29.2 Å². The fourth-order valence-corrected chi connectivity index (χ4v) is 2.96. The fourth-order valence-electron chi connectivity index (χ4n) is 1.99. The van der Waals surface area contributed by atoms with Crippen LogP contribution in [0.4, 0.5) is 13.2 Å². The smallest absolute Gasteiger partial charge is 0.304 e. The molecule has 1 aromatic rings. The summed E-state index contributed by atoms with van der Waals surface area (Å²) in [6, 6.07) is 5.32. The van der Waals surface area contributed by atoms with Crippen molar-refractivity contribution in [3.8, 4) is 0 Å². The molecule has 7 heteroatoms. The number of halogens is 3. The standard InChI is InChI=1S/C14H15F3N2OS/c1-8(2)11-12(20)19-13(21-11)18-7-9-5-3-4-6-10(9)14(15,16)17/h3-6,8,11H,7H2,1-2H3,(H,18,19,20). The molecular weight excluding hydrogens is 301 g/mol. The number of aliphatic imine (C=N–C) groups is 1. The van der Waals surface area contributed by atoms with E-state index in [1.165, 1.54) is 23.9 Å². The van der Waals surface area contributed by atoms with Crippen molar-refractivity contribution in [1.82, 2.24) is 5.32 Å². The van der Waals surface area contributed by atoms with Gasteiger partial charge < -0.3 is 5.32 Å². The Morgan fingerprint density at radius 3 is 2.57 bits per heavy atom. The van der Waals surface area contributed by atoms with Gasteiger partial charge in [0.15, 0.2) is 5.17 Å². The van der Waals surface area contributed by atoms with Crippen LogP contribution in [-0.2, 0) is 17.5 Å². The zero-order valence-electron chi connectivity index (χ0n) is 11.6. The Morgan fingerprint density at radius 2 is 2.00 bits per heavy atom. The second kappa shape index (κ2) is 6.09. The SMILES string of the molecule is CC(C)C1SC(=NCc2ccccc2C(F)(F)F)NC1=O. The van der Waals surface area contributed by atoms with Crippen LogP contribution in [0.15, 0.2) is 29.3 Å². The second-order valence-corrected chi connectivity index (χ2v) is 6.18. The van der Waals surface area contributed by atoms with Crippen molar-refractivity contribution in [3.05, 3.63) is 35.4 Å². The molecular formula is C14H15F3N2OS. The highest BCUT2D eigenvalue weighted by molar-refractivity contribution is 8.15. The van der Waals surface area contributed by atoms with Crippen molar-refractivity contribution >= 4 is 22.8 Å². The first-order chi connectivity index (χ1) is 9.79. The third-order valence-electron chi connectivity index (χ3n) is 3.05. The maximum atomic E-state index is 12.9. The Labute approximate surface area is 125 Å². The van der Waals surface area contributed by atoms with Crippen molar-refractivity contribution in [3.63, 3.8) is 0 Å². The minimum atomic E-state index is -4.40. The first kappa shape index (κ1) is 15.9. The summed E-state index contributed by atoms with van der Waals surface area (Å²) in [5, 5.41) is 2.76. The van der Waals surface area contributed by atoms with Gasteiger partial charge in [-0.1, -0.05) is 43.8 Å². The number of amidine groups is 1. The van der Waals surface area contributed by atoms with E-state index < -0.39 is 11.7 Å². The van der Waals surface area contributed by atoms with E-state index in [1.807, 2.05) is 13.8 Å². The molecule has 2 rings (SSSR count). The van der Waals surface area contributed by atoms with E-state index in [9.17, 15) is 18.0 Å². The number of alkyl halides is 3. The van der Waals surface area contributed by atoms with Gasteiger partial charge in [0.1, 0.15) is 0 Å². The van der Waals surface area contributed by atoms with Crippen LogP contribution >= 0.6 is 11.8 Å². The number of amides is 1. The molecule has 0 aliphatic carbocycles. The molecule has 1 unspecified atom stereocenters. The molecule has 0 spiro atoms. The molecule has 1 atom stereocenters. The lowest BCUT2D eigenvalue weighted by Crippen LogP contribution is -2.27. The van der Waals surface area contributed by atoms with Gasteiger partial charge in [0.2, 0.25) is 5.91 Å². The quantitative estimate of drug-likeness (QED) is 0.928. The first-order valence-corrected chi connectivity index (χ1v) is 7.34. The second-order valence-electron chi connectivity index (χ2n) is 5.05. The van der Waals surface area contributed by atoms with E-state index in [0.717, 1.165) is 6.07 Å². The van der Waals surface area contributed by atoms with Crippen LogP contribution in [0.1, 0.15) is 25.0 Å². The Bertz CT molecular complexity index is 570. The number of carbonyl (C=O) groups is 1. The Morgan fingerprint density at radius 1 is 1.33 bits per heavy atom. The number of nitrogens with one attached hydrogen (secondary N) is 1. The molecule has 21 heavy (non-hydrogen) atoms. The maximum absolute atomic E-state index is 12.9. The van der Waals surface area contributed by atoms with Crippen LogP contribution in [0.2, 0.25) is 0 Å². The highest BCUT2D eigenvalue weighted by atomic mass is 32.2. The van der Waals surface area contributed by atoms with Gasteiger partial charge in [-0.05, 0) is 17.5 Å². The normalized spacial score (nSPS) is 21.1.